The van der Waals surface area contributed by atoms with E-state index in [0.717, 1.165) is 6.07 Å². The molecular formula is C16H18F3N3O3. The van der Waals surface area contributed by atoms with Gasteiger partial charge in [-0.05, 0) is 18.2 Å². The maximum atomic E-state index is 13.8. The first-order valence-corrected chi connectivity index (χ1v) is 7.40. The summed E-state index contributed by atoms with van der Waals surface area (Å²) in [6.07, 6.45) is -1.55. The number of benzene rings is 1. The van der Waals surface area contributed by atoms with Gasteiger partial charge < -0.3 is 14.8 Å². The molecule has 2 rings (SSSR count). The molecule has 9 heteroatoms. The number of anilines is 1. The minimum atomic E-state index is -2.82. The molecule has 0 spiro atoms. The molecule has 0 atom stereocenters. The van der Waals surface area contributed by atoms with Crippen molar-refractivity contribution in [3.63, 3.8) is 0 Å². The van der Waals surface area contributed by atoms with Gasteiger partial charge in [-0.15, -0.1) is 0 Å². The van der Waals surface area contributed by atoms with Crippen LogP contribution in [0.4, 0.5) is 18.9 Å². The van der Waals surface area contributed by atoms with E-state index in [9.17, 15) is 18.0 Å². The summed E-state index contributed by atoms with van der Waals surface area (Å²) in [6, 6.07) is 3.71. The number of aryl methyl sites for hydroxylation is 1. The molecule has 6 nitrogen and oxygen atoms in total. The number of amides is 1. The number of hydrogen-bond acceptors (Lipinski definition) is 4. The Bertz CT molecular complexity index is 735. The summed E-state index contributed by atoms with van der Waals surface area (Å²) < 4.78 is 50.8. The molecule has 2 aromatic rings. The second-order valence-corrected chi connectivity index (χ2v) is 5.21. The number of hydrogen-bond donors (Lipinski definition) is 1. The highest BCUT2D eigenvalue weighted by Gasteiger charge is 2.20. The lowest BCUT2D eigenvalue weighted by Gasteiger charge is -2.09. The average molecular weight is 357 g/mol. The van der Waals surface area contributed by atoms with Gasteiger partial charge >= 0.3 is 0 Å². The fourth-order valence-corrected chi connectivity index (χ4v) is 2.11. The van der Waals surface area contributed by atoms with Gasteiger partial charge in [0.15, 0.2) is 5.69 Å². The maximum absolute atomic E-state index is 13.8. The number of methoxy groups -OCH3 is 1. The first-order chi connectivity index (χ1) is 11.9. The number of ether oxygens (including phenoxy) is 2. The molecule has 1 heterocycles. The zero-order chi connectivity index (χ0) is 18.4. The molecule has 25 heavy (non-hydrogen) atoms. The Hall–Kier alpha value is -2.39. The van der Waals surface area contributed by atoms with E-state index in [0.29, 0.717) is 6.61 Å². The van der Waals surface area contributed by atoms with Gasteiger partial charge in [-0.1, -0.05) is 0 Å². The number of carbonyl (C=O) groups excluding carboxylic acids is 1. The van der Waals surface area contributed by atoms with Crippen LogP contribution in [0.2, 0.25) is 0 Å². The van der Waals surface area contributed by atoms with Gasteiger partial charge in [0.05, 0.1) is 25.5 Å². The van der Waals surface area contributed by atoms with Gasteiger partial charge in [0.25, 0.3) is 12.3 Å². The van der Waals surface area contributed by atoms with Crippen LogP contribution in [0.25, 0.3) is 0 Å². The van der Waals surface area contributed by atoms with Crippen molar-refractivity contribution in [1.29, 1.82) is 0 Å². The van der Waals surface area contributed by atoms with Crippen molar-refractivity contribution in [1.82, 2.24) is 9.78 Å². The lowest BCUT2D eigenvalue weighted by atomic mass is 10.1. The van der Waals surface area contributed by atoms with Crippen LogP contribution in [0.1, 0.15) is 28.0 Å². The van der Waals surface area contributed by atoms with Crippen molar-refractivity contribution < 1.29 is 27.4 Å². The molecule has 0 radical (unpaired) electrons. The fourth-order valence-electron chi connectivity index (χ4n) is 2.11. The quantitative estimate of drug-likeness (QED) is 0.738. The summed E-state index contributed by atoms with van der Waals surface area (Å²) in [6.45, 7) is 0.602. The molecule has 136 valence electrons. The maximum Gasteiger partial charge on any atom is 0.284 e. The van der Waals surface area contributed by atoms with Gasteiger partial charge in [0.2, 0.25) is 0 Å². The zero-order valence-corrected chi connectivity index (χ0v) is 13.8. The molecule has 0 unspecified atom stereocenters. The molecule has 0 aliphatic heterocycles. The van der Waals surface area contributed by atoms with Crippen molar-refractivity contribution in [2.75, 3.05) is 25.6 Å². The molecule has 1 amide bonds. The number of rotatable bonds is 8. The highest BCUT2D eigenvalue weighted by molar-refractivity contribution is 6.04. The van der Waals surface area contributed by atoms with Crippen LogP contribution in [0, 0.1) is 5.82 Å². The first kappa shape index (κ1) is 18.9. The van der Waals surface area contributed by atoms with Crippen LogP contribution in [0.5, 0.6) is 0 Å². The number of aromatic nitrogens is 2. The smallest absolute Gasteiger partial charge is 0.284 e. The molecule has 0 aliphatic rings. The number of alkyl halides is 2. The molecule has 1 N–H and O–H groups in total. The summed E-state index contributed by atoms with van der Waals surface area (Å²) in [4.78, 5) is 12.3. The van der Waals surface area contributed by atoms with E-state index in [1.807, 2.05) is 0 Å². The Balaban J connectivity index is 2.11. The largest absolute Gasteiger partial charge is 0.382 e. The van der Waals surface area contributed by atoms with Crippen molar-refractivity contribution in [3.05, 3.63) is 47.0 Å². The minimum Gasteiger partial charge on any atom is -0.382 e. The summed E-state index contributed by atoms with van der Waals surface area (Å²) in [5.41, 5.74) is -0.314. The molecular weight excluding hydrogens is 339 g/mol. The molecule has 0 bridgehead atoms. The van der Waals surface area contributed by atoms with Crippen molar-refractivity contribution in [2.45, 2.75) is 13.0 Å². The van der Waals surface area contributed by atoms with Gasteiger partial charge in [0.1, 0.15) is 5.82 Å². The van der Waals surface area contributed by atoms with E-state index < -0.39 is 23.8 Å². The molecule has 1 aromatic heterocycles. The van der Waals surface area contributed by atoms with Crippen LogP contribution in [-0.2, 0) is 23.1 Å². The highest BCUT2D eigenvalue weighted by atomic mass is 19.3. The van der Waals surface area contributed by atoms with Gasteiger partial charge in [-0.2, -0.15) is 5.10 Å². The monoisotopic (exact) mass is 357 g/mol. The van der Waals surface area contributed by atoms with Gasteiger partial charge in [0, 0.05) is 31.5 Å². The number of nitrogens with one attached hydrogen (secondary N) is 1. The van der Waals surface area contributed by atoms with Crippen LogP contribution in [0.3, 0.4) is 0 Å². The molecule has 0 fully saturated rings. The Labute approximate surface area is 142 Å². The lowest BCUT2D eigenvalue weighted by molar-refractivity contribution is 0.0604. The third kappa shape index (κ3) is 5.04. The van der Waals surface area contributed by atoms with E-state index >= 15 is 0 Å². The third-order valence-corrected chi connectivity index (χ3v) is 3.31. The van der Waals surface area contributed by atoms with E-state index in [-0.39, 0.29) is 30.0 Å². The molecule has 0 saturated carbocycles. The Morgan fingerprint density at radius 1 is 1.36 bits per heavy atom. The minimum absolute atomic E-state index is 0.0362. The number of carbonyl (C=O) groups is 1. The summed E-state index contributed by atoms with van der Waals surface area (Å²) in [5, 5.41) is 5.97. The fraction of sp³-hybridized carbons (Fsp3) is 0.375. The lowest BCUT2D eigenvalue weighted by Crippen LogP contribution is -2.14. The van der Waals surface area contributed by atoms with E-state index in [1.165, 1.54) is 37.2 Å². The van der Waals surface area contributed by atoms with Gasteiger partial charge in [-0.3, -0.25) is 9.48 Å². The van der Waals surface area contributed by atoms with E-state index in [1.54, 1.807) is 0 Å². The normalized spacial score (nSPS) is 11.1. The first-order valence-electron chi connectivity index (χ1n) is 7.40. The standard InChI is InChI=1S/C16H18F3N3O3/c1-22-8-13(14(21-22)15(18)19)20-16(23)10-3-4-12(17)11(7-10)9-25-6-5-24-2/h3-4,7-8,15H,5-6,9H2,1-2H3,(H,20,23). The van der Waals surface area contributed by atoms with Gasteiger partial charge in [-0.25, -0.2) is 13.2 Å². The predicted octanol–water partition coefficient (Wildman–Crippen LogP) is 2.91. The second-order valence-electron chi connectivity index (χ2n) is 5.21. The summed E-state index contributed by atoms with van der Waals surface area (Å²) in [5.74, 6) is -1.17. The topological polar surface area (TPSA) is 65.4 Å². The van der Waals surface area contributed by atoms with Crippen molar-refractivity contribution >= 4 is 11.6 Å². The SMILES string of the molecule is COCCOCc1cc(C(=O)Nc2cn(C)nc2C(F)F)ccc1F. The predicted molar refractivity (Wildman–Crippen MR) is 84.1 cm³/mol. The molecule has 1 aromatic carbocycles. The third-order valence-electron chi connectivity index (χ3n) is 3.31. The molecule has 0 saturated heterocycles. The summed E-state index contributed by atoms with van der Waals surface area (Å²) >= 11 is 0. The van der Waals surface area contributed by atoms with Crippen LogP contribution >= 0.6 is 0 Å². The number of halogens is 3. The molecule has 0 aliphatic carbocycles. The van der Waals surface area contributed by atoms with E-state index in [4.69, 9.17) is 9.47 Å². The highest BCUT2D eigenvalue weighted by Crippen LogP contribution is 2.25. The Kier molecular flexibility index (Phi) is 6.54. The number of nitrogens with zero attached hydrogens (tertiary/aromatic N) is 2. The van der Waals surface area contributed by atoms with Crippen molar-refractivity contribution in [2.24, 2.45) is 7.05 Å². The summed E-state index contributed by atoms with van der Waals surface area (Å²) in [7, 11) is 2.98. The van der Waals surface area contributed by atoms with E-state index in [2.05, 4.69) is 10.4 Å². The Morgan fingerprint density at radius 2 is 2.12 bits per heavy atom. The second kappa shape index (κ2) is 8.63. The van der Waals surface area contributed by atoms with Crippen molar-refractivity contribution in [3.8, 4) is 0 Å². The van der Waals surface area contributed by atoms with Crippen LogP contribution in [0.15, 0.2) is 24.4 Å². The van der Waals surface area contributed by atoms with Crippen LogP contribution < -0.4 is 5.32 Å². The average Bonchev–Trinajstić information content (AvgIpc) is 2.93. The zero-order valence-electron chi connectivity index (χ0n) is 13.8. The van der Waals surface area contributed by atoms with Crippen LogP contribution in [-0.4, -0.2) is 36.0 Å². The Morgan fingerprint density at radius 3 is 2.80 bits per heavy atom.